The van der Waals surface area contributed by atoms with Gasteiger partial charge in [0.2, 0.25) is 10.0 Å². The van der Waals surface area contributed by atoms with E-state index in [1.54, 1.807) is 42.2 Å². The summed E-state index contributed by atoms with van der Waals surface area (Å²) in [5, 5.41) is 10.0. The number of hydrogen-bond acceptors (Lipinski definition) is 5. The highest BCUT2D eigenvalue weighted by Crippen LogP contribution is 2.40. The van der Waals surface area contributed by atoms with Crippen LogP contribution in [0.25, 0.3) is 11.1 Å². The van der Waals surface area contributed by atoms with Crippen molar-refractivity contribution in [2.75, 3.05) is 23.6 Å². The van der Waals surface area contributed by atoms with E-state index in [0.717, 1.165) is 11.1 Å². The van der Waals surface area contributed by atoms with E-state index < -0.39 is 15.6 Å². The maximum atomic E-state index is 12.9. The van der Waals surface area contributed by atoms with Crippen LogP contribution in [-0.2, 0) is 14.8 Å². The summed E-state index contributed by atoms with van der Waals surface area (Å²) >= 11 is 0. The normalized spacial score (nSPS) is 18.2. The molecule has 170 valence electrons. The Morgan fingerprint density at radius 3 is 2.31 bits per heavy atom. The summed E-state index contributed by atoms with van der Waals surface area (Å²) in [7, 11) is -3.35. The van der Waals surface area contributed by atoms with Crippen LogP contribution in [0.1, 0.15) is 43.0 Å². The number of rotatable bonds is 7. The first-order chi connectivity index (χ1) is 15.2. The van der Waals surface area contributed by atoms with Crippen molar-refractivity contribution in [3.63, 3.8) is 0 Å². The summed E-state index contributed by atoms with van der Waals surface area (Å²) in [6, 6.07) is 14.4. The van der Waals surface area contributed by atoms with Crippen molar-refractivity contribution in [3.8, 4) is 11.1 Å². The zero-order chi connectivity index (χ0) is 22.9. The first-order valence-corrected chi connectivity index (χ1v) is 12.6. The van der Waals surface area contributed by atoms with Gasteiger partial charge in [-0.3, -0.25) is 14.3 Å². The topological polar surface area (TPSA) is 104 Å². The highest BCUT2D eigenvalue weighted by molar-refractivity contribution is 7.92. The van der Waals surface area contributed by atoms with E-state index >= 15 is 0 Å². The zero-order valence-corrected chi connectivity index (χ0v) is 18.9. The Balaban J connectivity index is 1.40. The molecule has 1 amide bonds. The number of anilines is 1. The second kappa shape index (κ2) is 8.67. The summed E-state index contributed by atoms with van der Waals surface area (Å²) in [5.74, 6) is -0.291. The zero-order valence-electron chi connectivity index (χ0n) is 18.1. The van der Waals surface area contributed by atoms with Crippen LogP contribution >= 0.6 is 0 Å². The standard InChI is InChI=1S/C24H28N2O5S/c1-2-32(30,31)25-21-5-3-4-20(16-21)17-6-8-19(9-7-17)23(28)26-14-10-18(11-15-26)22(27)24(29)12-13-24/h3-9,16,18,25,29H,2,10-15H2,1H3. The molecule has 2 aromatic rings. The van der Waals surface area contributed by atoms with Gasteiger partial charge in [-0.15, -0.1) is 0 Å². The molecular formula is C24H28N2O5S. The van der Waals surface area contributed by atoms with E-state index in [4.69, 9.17) is 0 Å². The monoisotopic (exact) mass is 456 g/mol. The average molecular weight is 457 g/mol. The van der Waals surface area contributed by atoms with E-state index in [2.05, 4.69) is 4.72 Å². The SMILES string of the molecule is CCS(=O)(=O)Nc1cccc(-c2ccc(C(=O)N3CCC(C(=O)C4(O)CC4)CC3)cc2)c1. The lowest BCUT2D eigenvalue weighted by atomic mass is 9.88. The van der Waals surface area contributed by atoms with Gasteiger partial charge < -0.3 is 10.0 Å². The Hall–Kier alpha value is -2.71. The Bertz CT molecular complexity index is 1120. The number of nitrogens with one attached hydrogen (secondary N) is 1. The lowest BCUT2D eigenvalue weighted by Crippen LogP contribution is -2.42. The Morgan fingerprint density at radius 2 is 1.72 bits per heavy atom. The molecule has 0 bridgehead atoms. The van der Waals surface area contributed by atoms with Crippen molar-refractivity contribution in [3.05, 3.63) is 54.1 Å². The summed E-state index contributed by atoms with van der Waals surface area (Å²) in [5.41, 5.74) is 1.69. The molecule has 0 atom stereocenters. The molecule has 0 aromatic heterocycles. The van der Waals surface area contributed by atoms with Crippen LogP contribution in [0, 0.1) is 5.92 Å². The van der Waals surface area contributed by atoms with Gasteiger partial charge in [0.25, 0.3) is 5.91 Å². The number of carbonyl (C=O) groups excluding carboxylic acids is 2. The lowest BCUT2D eigenvalue weighted by molar-refractivity contribution is -0.134. The smallest absolute Gasteiger partial charge is 0.253 e. The van der Waals surface area contributed by atoms with Crippen LogP contribution < -0.4 is 4.72 Å². The lowest BCUT2D eigenvalue weighted by Gasteiger charge is -2.32. The summed E-state index contributed by atoms with van der Waals surface area (Å²) in [6.45, 7) is 2.60. The maximum absolute atomic E-state index is 12.9. The molecule has 8 heteroatoms. The van der Waals surface area contributed by atoms with Gasteiger partial charge in [-0.2, -0.15) is 0 Å². The predicted molar refractivity (Wildman–Crippen MR) is 123 cm³/mol. The van der Waals surface area contributed by atoms with Crippen molar-refractivity contribution >= 4 is 27.4 Å². The molecule has 7 nitrogen and oxygen atoms in total. The molecule has 1 heterocycles. The highest BCUT2D eigenvalue weighted by atomic mass is 32.2. The van der Waals surface area contributed by atoms with E-state index in [0.29, 0.717) is 50.0 Å². The number of hydrogen-bond donors (Lipinski definition) is 2. The van der Waals surface area contributed by atoms with Crippen molar-refractivity contribution in [1.29, 1.82) is 0 Å². The van der Waals surface area contributed by atoms with Gasteiger partial charge in [-0.1, -0.05) is 24.3 Å². The number of piperidine rings is 1. The number of carbonyl (C=O) groups is 2. The molecule has 4 rings (SSSR count). The third-order valence-corrected chi connectivity index (χ3v) is 7.62. The van der Waals surface area contributed by atoms with E-state index in [1.807, 2.05) is 18.2 Å². The van der Waals surface area contributed by atoms with E-state index in [9.17, 15) is 23.1 Å². The number of nitrogens with zero attached hydrogens (tertiary/aromatic N) is 1. The summed E-state index contributed by atoms with van der Waals surface area (Å²) in [4.78, 5) is 27.0. The molecule has 0 radical (unpaired) electrons. The van der Waals surface area contributed by atoms with Crippen LogP contribution in [-0.4, -0.2) is 54.6 Å². The number of Topliss-reactive ketones (excluding diaryl/α,β-unsaturated/α-hetero) is 1. The van der Waals surface area contributed by atoms with E-state index in [-0.39, 0.29) is 23.4 Å². The molecule has 2 aromatic carbocycles. The fourth-order valence-electron chi connectivity index (χ4n) is 4.09. The molecule has 0 unspecified atom stereocenters. The first-order valence-electron chi connectivity index (χ1n) is 11.0. The van der Waals surface area contributed by atoms with Crippen LogP contribution in [0.3, 0.4) is 0 Å². The van der Waals surface area contributed by atoms with Crippen molar-refractivity contribution < 1.29 is 23.1 Å². The minimum absolute atomic E-state index is 0.000313. The molecule has 1 saturated carbocycles. The van der Waals surface area contributed by atoms with Gasteiger partial charge in [0.1, 0.15) is 5.60 Å². The Morgan fingerprint density at radius 1 is 1.06 bits per heavy atom. The number of likely N-dealkylation sites (tertiary alicyclic amines) is 1. The van der Waals surface area contributed by atoms with Crippen molar-refractivity contribution in [2.24, 2.45) is 5.92 Å². The van der Waals surface area contributed by atoms with E-state index in [1.165, 1.54) is 0 Å². The van der Waals surface area contributed by atoms with Crippen LogP contribution in [0.5, 0.6) is 0 Å². The fraction of sp³-hybridized carbons (Fsp3) is 0.417. The second-order valence-corrected chi connectivity index (χ2v) is 10.6. The second-order valence-electron chi connectivity index (χ2n) is 8.63. The predicted octanol–water partition coefficient (Wildman–Crippen LogP) is 3.06. The average Bonchev–Trinajstić information content (AvgIpc) is 3.57. The number of ketones is 1. The van der Waals surface area contributed by atoms with Crippen molar-refractivity contribution in [1.82, 2.24) is 4.90 Å². The molecule has 2 fully saturated rings. The van der Waals surface area contributed by atoms with Crippen LogP contribution in [0.2, 0.25) is 0 Å². The third kappa shape index (κ3) is 4.86. The number of aliphatic hydroxyl groups is 1. The molecule has 1 aliphatic carbocycles. The molecular weight excluding hydrogens is 428 g/mol. The first kappa shape index (κ1) is 22.5. The summed E-state index contributed by atoms with van der Waals surface area (Å²) in [6.07, 6.45) is 2.30. The van der Waals surface area contributed by atoms with Gasteiger partial charge in [0.05, 0.1) is 5.75 Å². The van der Waals surface area contributed by atoms with Crippen LogP contribution in [0.15, 0.2) is 48.5 Å². The van der Waals surface area contributed by atoms with Crippen LogP contribution in [0.4, 0.5) is 5.69 Å². The Labute approximate surface area is 188 Å². The number of benzene rings is 2. The van der Waals surface area contributed by atoms with Gasteiger partial charge in [0.15, 0.2) is 5.78 Å². The van der Waals surface area contributed by atoms with Crippen molar-refractivity contribution in [2.45, 2.75) is 38.2 Å². The summed E-state index contributed by atoms with van der Waals surface area (Å²) < 4.78 is 26.2. The van der Waals surface area contributed by atoms with Gasteiger partial charge in [-0.25, -0.2) is 8.42 Å². The van der Waals surface area contributed by atoms with Gasteiger partial charge >= 0.3 is 0 Å². The molecule has 1 saturated heterocycles. The molecule has 0 spiro atoms. The quantitative estimate of drug-likeness (QED) is 0.666. The number of amides is 1. The molecule has 32 heavy (non-hydrogen) atoms. The molecule has 2 aliphatic rings. The highest BCUT2D eigenvalue weighted by Gasteiger charge is 2.50. The van der Waals surface area contributed by atoms with Gasteiger partial charge in [-0.05, 0) is 68.0 Å². The number of sulfonamides is 1. The minimum Gasteiger partial charge on any atom is -0.382 e. The third-order valence-electron chi connectivity index (χ3n) is 6.32. The minimum atomic E-state index is -3.35. The Kier molecular flexibility index (Phi) is 6.09. The van der Waals surface area contributed by atoms with Gasteiger partial charge in [0, 0.05) is 30.3 Å². The maximum Gasteiger partial charge on any atom is 0.253 e. The molecule has 1 aliphatic heterocycles. The largest absolute Gasteiger partial charge is 0.382 e. The fourth-order valence-corrected chi connectivity index (χ4v) is 4.72. The molecule has 2 N–H and O–H groups in total.